The third-order valence-corrected chi connectivity index (χ3v) is 4.90. The molecule has 0 bridgehead atoms. The Morgan fingerprint density at radius 2 is 1.75 bits per heavy atom. The minimum atomic E-state index is -2.02. The highest BCUT2D eigenvalue weighted by atomic mass is 79.9. The van der Waals surface area contributed by atoms with Crippen molar-refractivity contribution in [3.63, 3.8) is 0 Å². The van der Waals surface area contributed by atoms with Crippen molar-refractivity contribution in [2.24, 2.45) is 0 Å². The molecule has 2 N–H and O–H groups in total. The summed E-state index contributed by atoms with van der Waals surface area (Å²) in [6.45, 7) is 3.87. The standard InChI is InChI=1S/C15H15BrO4/c1-3-8-6-5-7-10-11(8)9(4-2)12(16)15(10,13(17)18)14(19)20/h5-7H,3-4H2,1-2H3,(H,17,18)(H,19,20). The van der Waals surface area contributed by atoms with Gasteiger partial charge in [0.2, 0.25) is 5.41 Å². The van der Waals surface area contributed by atoms with Crippen molar-refractivity contribution < 1.29 is 19.8 Å². The van der Waals surface area contributed by atoms with Crippen molar-refractivity contribution in [1.29, 1.82) is 0 Å². The summed E-state index contributed by atoms with van der Waals surface area (Å²) in [7, 11) is 0. The zero-order valence-electron chi connectivity index (χ0n) is 11.2. The van der Waals surface area contributed by atoms with E-state index in [4.69, 9.17) is 0 Å². The molecule has 0 aromatic heterocycles. The molecule has 20 heavy (non-hydrogen) atoms. The SMILES string of the molecule is CCC1=C(Br)C(C(=O)O)(C(=O)O)c2cccc(CC)c21. The zero-order chi connectivity index (χ0) is 15.1. The van der Waals surface area contributed by atoms with Gasteiger partial charge in [0.15, 0.2) is 0 Å². The molecule has 106 valence electrons. The van der Waals surface area contributed by atoms with Crippen LogP contribution in [0.25, 0.3) is 5.57 Å². The van der Waals surface area contributed by atoms with E-state index in [-0.39, 0.29) is 4.48 Å². The van der Waals surface area contributed by atoms with Crippen LogP contribution in [-0.4, -0.2) is 22.2 Å². The topological polar surface area (TPSA) is 74.6 Å². The number of hydrogen-bond donors (Lipinski definition) is 2. The van der Waals surface area contributed by atoms with E-state index < -0.39 is 17.4 Å². The average Bonchev–Trinajstić information content (AvgIpc) is 2.67. The zero-order valence-corrected chi connectivity index (χ0v) is 12.8. The van der Waals surface area contributed by atoms with Gasteiger partial charge in [-0.15, -0.1) is 0 Å². The normalized spacial score (nSPS) is 16.1. The van der Waals surface area contributed by atoms with Crippen molar-refractivity contribution in [2.45, 2.75) is 32.1 Å². The van der Waals surface area contributed by atoms with Crippen LogP contribution in [0, 0.1) is 0 Å². The molecule has 0 radical (unpaired) electrons. The number of allylic oxidation sites excluding steroid dienone is 1. The minimum Gasteiger partial charge on any atom is -0.480 e. The largest absolute Gasteiger partial charge is 0.480 e. The van der Waals surface area contributed by atoms with Gasteiger partial charge in [-0.25, -0.2) is 0 Å². The molecule has 0 saturated heterocycles. The quantitative estimate of drug-likeness (QED) is 0.826. The molecule has 2 rings (SSSR count). The summed E-state index contributed by atoms with van der Waals surface area (Å²) in [5, 5.41) is 19.2. The molecular formula is C15H15BrO4. The number of carboxylic acid groups (broad SMARTS) is 2. The maximum atomic E-state index is 11.8. The Morgan fingerprint density at radius 3 is 2.20 bits per heavy atom. The fourth-order valence-corrected chi connectivity index (χ4v) is 3.89. The maximum absolute atomic E-state index is 11.8. The van der Waals surface area contributed by atoms with Gasteiger partial charge in [0.25, 0.3) is 0 Å². The second kappa shape index (κ2) is 5.05. The first-order valence-electron chi connectivity index (χ1n) is 6.41. The van der Waals surface area contributed by atoms with Crippen LogP contribution in [-0.2, 0) is 21.4 Å². The fourth-order valence-electron chi connectivity index (χ4n) is 2.86. The lowest BCUT2D eigenvalue weighted by molar-refractivity contribution is -0.154. The van der Waals surface area contributed by atoms with Crippen LogP contribution in [0.2, 0.25) is 0 Å². The lowest BCUT2D eigenvalue weighted by Crippen LogP contribution is -2.42. The lowest BCUT2D eigenvalue weighted by atomic mass is 9.81. The number of aryl methyl sites for hydroxylation is 1. The van der Waals surface area contributed by atoms with Crippen LogP contribution in [0.3, 0.4) is 0 Å². The predicted octanol–water partition coefficient (Wildman–Crippen LogP) is 3.19. The number of carboxylic acids is 2. The molecule has 0 heterocycles. The molecule has 0 unspecified atom stereocenters. The summed E-state index contributed by atoms with van der Waals surface area (Å²) in [6.07, 6.45) is 1.30. The van der Waals surface area contributed by atoms with Crippen LogP contribution in [0.1, 0.15) is 37.0 Å². The van der Waals surface area contributed by atoms with E-state index in [9.17, 15) is 19.8 Å². The molecule has 1 aromatic carbocycles. The second-order valence-electron chi connectivity index (χ2n) is 4.70. The Kier molecular flexibility index (Phi) is 3.73. The highest BCUT2D eigenvalue weighted by molar-refractivity contribution is 9.12. The number of aliphatic carboxylic acids is 2. The Labute approximate surface area is 125 Å². The summed E-state index contributed by atoms with van der Waals surface area (Å²) in [5.74, 6) is -2.73. The van der Waals surface area contributed by atoms with Crippen LogP contribution >= 0.6 is 15.9 Å². The number of fused-ring (bicyclic) bond motifs is 1. The number of halogens is 1. The van der Waals surface area contributed by atoms with E-state index in [2.05, 4.69) is 15.9 Å². The van der Waals surface area contributed by atoms with Gasteiger partial charge in [-0.2, -0.15) is 0 Å². The molecule has 4 nitrogen and oxygen atoms in total. The molecule has 0 fully saturated rings. The fraction of sp³-hybridized carbons (Fsp3) is 0.333. The van der Waals surface area contributed by atoms with Crippen molar-refractivity contribution in [2.75, 3.05) is 0 Å². The smallest absolute Gasteiger partial charge is 0.330 e. The molecule has 5 heteroatoms. The van der Waals surface area contributed by atoms with E-state index in [0.717, 1.165) is 23.1 Å². The second-order valence-corrected chi connectivity index (χ2v) is 5.49. The minimum absolute atomic E-state index is 0.239. The van der Waals surface area contributed by atoms with Gasteiger partial charge in [0, 0.05) is 4.48 Å². The first-order chi connectivity index (χ1) is 9.42. The van der Waals surface area contributed by atoms with Gasteiger partial charge in [-0.1, -0.05) is 48.0 Å². The Balaban J connectivity index is 2.93. The van der Waals surface area contributed by atoms with Crippen molar-refractivity contribution in [1.82, 2.24) is 0 Å². The maximum Gasteiger partial charge on any atom is 0.330 e. The third kappa shape index (κ3) is 1.66. The number of hydrogen-bond acceptors (Lipinski definition) is 2. The molecule has 0 amide bonds. The lowest BCUT2D eigenvalue weighted by Gasteiger charge is -2.22. The molecule has 1 aromatic rings. The molecule has 0 saturated carbocycles. The van der Waals surface area contributed by atoms with Gasteiger partial charge >= 0.3 is 11.9 Å². The van der Waals surface area contributed by atoms with Crippen molar-refractivity contribution >= 4 is 33.4 Å². The molecular weight excluding hydrogens is 324 g/mol. The van der Waals surface area contributed by atoms with E-state index in [1.165, 1.54) is 0 Å². The molecule has 1 aliphatic carbocycles. The number of carbonyl (C=O) groups is 2. The number of rotatable bonds is 4. The monoisotopic (exact) mass is 338 g/mol. The first kappa shape index (κ1) is 14.8. The Bertz CT molecular complexity index is 617. The van der Waals surface area contributed by atoms with Gasteiger partial charge in [-0.3, -0.25) is 9.59 Å². The highest BCUT2D eigenvalue weighted by Gasteiger charge is 2.57. The van der Waals surface area contributed by atoms with E-state index in [0.29, 0.717) is 12.0 Å². The summed E-state index contributed by atoms with van der Waals surface area (Å²) in [4.78, 5) is 23.5. The molecule has 0 spiro atoms. The average molecular weight is 339 g/mol. The van der Waals surface area contributed by atoms with Gasteiger partial charge in [-0.05, 0) is 35.1 Å². The van der Waals surface area contributed by atoms with Crippen molar-refractivity contribution in [3.05, 3.63) is 39.4 Å². The summed E-state index contributed by atoms with van der Waals surface area (Å²) < 4.78 is 0.239. The molecule has 1 aliphatic rings. The van der Waals surface area contributed by atoms with Crippen LogP contribution < -0.4 is 0 Å². The van der Waals surface area contributed by atoms with E-state index in [1.54, 1.807) is 12.1 Å². The van der Waals surface area contributed by atoms with Crippen LogP contribution in [0.4, 0.5) is 0 Å². The first-order valence-corrected chi connectivity index (χ1v) is 7.20. The summed E-state index contributed by atoms with van der Waals surface area (Å²) in [6, 6.07) is 5.23. The van der Waals surface area contributed by atoms with Crippen LogP contribution in [0.5, 0.6) is 0 Å². The summed E-state index contributed by atoms with van der Waals surface area (Å²) >= 11 is 3.25. The van der Waals surface area contributed by atoms with Crippen LogP contribution in [0.15, 0.2) is 22.7 Å². The van der Waals surface area contributed by atoms with Gasteiger partial charge < -0.3 is 10.2 Å². The molecule has 0 atom stereocenters. The third-order valence-electron chi connectivity index (χ3n) is 3.83. The molecule has 0 aliphatic heterocycles. The Morgan fingerprint density at radius 1 is 1.15 bits per heavy atom. The van der Waals surface area contributed by atoms with Gasteiger partial charge in [0.05, 0.1) is 0 Å². The Hall–Kier alpha value is -1.62. The summed E-state index contributed by atoms with van der Waals surface area (Å²) in [5.41, 5.74) is 0.837. The van der Waals surface area contributed by atoms with E-state index >= 15 is 0 Å². The number of benzene rings is 1. The predicted molar refractivity (Wildman–Crippen MR) is 78.9 cm³/mol. The van der Waals surface area contributed by atoms with Crippen molar-refractivity contribution in [3.8, 4) is 0 Å². The highest BCUT2D eigenvalue weighted by Crippen LogP contribution is 2.52. The van der Waals surface area contributed by atoms with Gasteiger partial charge in [0.1, 0.15) is 0 Å². The van der Waals surface area contributed by atoms with E-state index in [1.807, 2.05) is 19.9 Å².